The second-order valence-corrected chi connectivity index (χ2v) is 9.08. The Kier molecular flexibility index (Phi) is 6.87. The summed E-state index contributed by atoms with van der Waals surface area (Å²) in [5.74, 6) is 0.585. The predicted octanol–water partition coefficient (Wildman–Crippen LogP) is 7.03. The molecule has 4 nitrogen and oxygen atoms in total. The van der Waals surface area contributed by atoms with Gasteiger partial charge in [-0.3, -0.25) is 4.79 Å². The zero-order valence-corrected chi connectivity index (χ0v) is 20.5. The Morgan fingerprint density at radius 1 is 0.800 bits per heavy atom. The summed E-state index contributed by atoms with van der Waals surface area (Å²) in [6.07, 6.45) is 1.89. The molecule has 0 bridgehead atoms. The molecule has 1 amide bonds. The Hall–Kier alpha value is -3.96. The van der Waals surface area contributed by atoms with Gasteiger partial charge in [-0.1, -0.05) is 84.9 Å². The standard InChI is InChI=1S/C30H23BrN2O2/c31-28-17-21(15-16-29(28)35-20-25-12-6-10-23-8-2-4-14-27(23)25)19-32-33-30(34)18-24-11-5-9-22-7-1-3-13-26(22)24/h1-17,19H,18,20H2,(H,33,34). The first-order chi connectivity index (χ1) is 17.2. The van der Waals surface area contributed by atoms with Crippen molar-refractivity contribution in [2.75, 3.05) is 0 Å². The first-order valence-electron chi connectivity index (χ1n) is 11.3. The average Bonchev–Trinajstić information content (AvgIpc) is 2.88. The molecule has 0 aliphatic carbocycles. The zero-order valence-electron chi connectivity index (χ0n) is 18.9. The maximum absolute atomic E-state index is 12.4. The van der Waals surface area contributed by atoms with Gasteiger partial charge < -0.3 is 4.74 Å². The normalized spacial score (nSPS) is 11.2. The summed E-state index contributed by atoms with van der Waals surface area (Å²) >= 11 is 3.58. The van der Waals surface area contributed by atoms with Gasteiger partial charge in [0.1, 0.15) is 12.4 Å². The van der Waals surface area contributed by atoms with Gasteiger partial charge >= 0.3 is 0 Å². The van der Waals surface area contributed by atoms with Crippen LogP contribution in [0.4, 0.5) is 0 Å². The molecule has 1 N–H and O–H groups in total. The van der Waals surface area contributed by atoms with E-state index in [0.29, 0.717) is 6.61 Å². The highest BCUT2D eigenvalue weighted by Gasteiger charge is 2.07. The van der Waals surface area contributed by atoms with E-state index in [1.54, 1.807) is 6.21 Å². The number of carbonyl (C=O) groups excluding carboxylic acids is 1. The molecule has 0 aliphatic rings. The number of hydrogen-bond donors (Lipinski definition) is 1. The Bertz CT molecular complexity index is 1530. The summed E-state index contributed by atoms with van der Waals surface area (Å²) in [5, 5.41) is 8.72. The fourth-order valence-corrected chi connectivity index (χ4v) is 4.64. The monoisotopic (exact) mass is 522 g/mol. The highest BCUT2D eigenvalue weighted by Crippen LogP contribution is 2.28. The molecular weight excluding hydrogens is 500 g/mol. The summed E-state index contributed by atoms with van der Waals surface area (Å²) in [7, 11) is 0. The average molecular weight is 523 g/mol. The van der Waals surface area contributed by atoms with E-state index in [0.717, 1.165) is 37.7 Å². The predicted molar refractivity (Wildman–Crippen MR) is 146 cm³/mol. The van der Waals surface area contributed by atoms with Crippen molar-refractivity contribution in [3.05, 3.63) is 124 Å². The van der Waals surface area contributed by atoms with Gasteiger partial charge in [-0.2, -0.15) is 5.10 Å². The van der Waals surface area contributed by atoms with E-state index < -0.39 is 0 Å². The number of hydrogen-bond acceptors (Lipinski definition) is 3. The van der Waals surface area contributed by atoms with Crippen LogP contribution in [0.5, 0.6) is 5.75 Å². The second kappa shape index (κ2) is 10.5. The number of nitrogens with one attached hydrogen (secondary N) is 1. The number of nitrogens with zero attached hydrogens (tertiary/aromatic N) is 1. The Morgan fingerprint density at radius 2 is 1.43 bits per heavy atom. The highest BCUT2D eigenvalue weighted by atomic mass is 79.9. The largest absolute Gasteiger partial charge is 0.488 e. The number of rotatable bonds is 7. The lowest BCUT2D eigenvalue weighted by atomic mass is 10.0. The van der Waals surface area contributed by atoms with Gasteiger partial charge in [0.15, 0.2) is 0 Å². The molecule has 0 saturated carbocycles. The van der Waals surface area contributed by atoms with Crippen molar-refractivity contribution < 1.29 is 9.53 Å². The Balaban J connectivity index is 1.20. The molecule has 0 unspecified atom stereocenters. The van der Waals surface area contributed by atoms with Crippen LogP contribution in [0.15, 0.2) is 113 Å². The van der Waals surface area contributed by atoms with Gasteiger partial charge in [-0.15, -0.1) is 0 Å². The van der Waals surface area contributed by atoms with Crippen molar-refractivity contribution in [2.45, 2.75) is 13.0 Å². The van der Waals surface area contributed by atoms with Crippen molar-refractivity contribution >= 4 is 49.6 Å². The lowest BCUT2D eigenvalue weighted by Gasteiger charge is -2.11. The van der Waals surface area contributed by atoms with Gasteiger partial charge in [0.25, 0.3) is 0 Å². The van der Waals surface area contributed by atoms with Crippen LogP contribution in [-0.4, -0.2) is 12.1 Å². The zero-order chi connectivity index (χ0) is 24.0. The third-order valence-corrected chi connectivity index (χ3v) is 6.47. The molecule has 0 fully saturated rings. The molecular formula is C30H23BrN2O2. The van der Waals surface area contributed by atoms with Crippen molar-refractivity contribution in [2.24, 2.45) is 5.10 Å². The summed E-state index contributed by atoms with van der Waals surface area (Å²) in [5.41, 5.74) is 5.58. The first kappa shape index (κ1) is 22.8. The van der Waals surface area contributed by atoms with E-state index in [9.17, 15) is 4.79 Å². The van der Waals surface area contributed by atoms with Crippen molar-refractivity contribution in [3.8, 4) is 5.75 Å². The van der Waals surface area contributed by atoms with E-state index in [2.05, 4.69) is 50.7 Å². The number of fused-ring (bicyclic) bond motifs is 2. The molecule has 0 aromatic heterocycles. The first-order valence-corrected chi connectivity index (χ1v) is 12.1. The van der Waals surface area contributed by atoms with Crippen LogP contribution in [0.1, 0.15) is 16.7 Å². The maximum atomic E-state index is 12.4. The van der Waals surface area contributed by atoms with Gasteiger partial charge in [0, 0.05) is 0 Å². The molecule has 35 heavy (non-hydrogen) atoms. The molecule has 5 aromatic carbocycles. The molecule has 172 valence electrons. The SMILES string of the molecule is O=C(Cc1cccc2ccccc12)NN=Cc1ccc(OCc2cccc3ccccc23)c(Br)c1. The molecule has 0 atom stereocenters. The number of amides is 1. The van der Waals surface area contributed by atoms with Crippen molar-refractivity contribution in [3.63, 3.8) is 0 Å². The Morgan fingerprint density at radius 3 is 2.14 bits per heavy atom. The van der Waals surface area contributed by atoms with E-state index in [4.69, 9.17) is 4.74 Å². The number of hydrazone groups is 1. The number of halogens is 1. The molecule has 0 saturated heterocycles. The molecule has 5 heteroatoms. The molecule has 5 aromatic rings. The van der Waals surface area contributed by atoms with Crippen LogP contribution in [0.3, 0.4) is 0 Å². The van der Waals surface area contributed by atoms with Crippen LogP contribution in [0.2, 0.25) is 0 Å². The van der Waals surface area contributed by atoms with Crippen LogP contribution in [0, 0.1) is 0 Å². The second-order valence-electron chi connectivity index (χ2n) is 8.23. The summed E-state index contributed by atoms with van der Waals surface area (Å²) in [4.78, 5) is 12.4. The molecule has 0 aliphatic heterocycles. The lowest BCUT2D eigenvalue weighted by Crippen LogP contribution is -2.19. The van der Waals surface area contributed by atoms with E-state index in [-0.39, 0.29) is 12.3 Å². The van der Waals surface area contributed by atoms with Crippen LogP contribution >= 0.6 is 15.9 Å². The van der Waals surface area contributed by atoms with E-state index in [1.165, 1.54) is 10.8 Å². The van der Waals surface area contributed by atoms with Gasteiger partial charge in [-0.25, -0.2) is 5.43 Å². The summed E-state index contributed by atoms with van der Waals surface area (Å²) in [6.45, 7) is 0.470. The van der Waals surface area contributed by atoms with Crippen LogP contribution in [0.25, 0.3) is 21.5 Å². The fraction of sp³-hybridized carbons (Fsp3) is 0.0667. The molecule has 0 radical (unpaired) electrons. The van der Waals surface area contributed by atoms with Crippen molar-refractivity contribution in [1.82, 2.24) is 5.43 Å². The van der Waals surface area contributed by atoms with E-state index >= 15 is 0 Å². The van der Waals surface area contributed by atoms with Gasteiger partial charge in [0.05, 0.1) is 17.1 Å². The lowest BCUT2D eigenvalue weighted by molar-refractivity contribution is -0.120. The van der Waals surface area contributed by atoms with Crippen LogP contribution in [-0.2, 0) is 17.8 Å². The number of benzene rings is 5. The van der Waals surface area contributed by atoms with Crippen LogP contribution < -0.4 is 10.2 Å². The smallest absolute Gasteiger partial charge is 0.244 e. The van der Waals surface area contributed by atoms with Gasteiger partial charge in [-0.05, 0) is 72.4 Å². The third-order valence-electron chi connectivity index (χ3n) is 5.85. The molecule has 0 heterocycles. The van der Waals surface area contributed by atoms with Crippen molar-refractivity contribution in [1.29, 1.82) is 0 Å². The summed E-state index contributed by atoms with van der Waals surface area (Å²) < 4.78 is 6.89. The highest BCUT2D eigenvalue weighted by molar-refractivity contribution is 9.10. The number of carbonyl (C=O) groups is 1. The number of ether oxygens (including phenoxy) is 1. The van der Waals surface area contributed by atoms with Gasteiger partial charge in [0.2, 0.25) is 5.91 Å². The third kappa shape index (κ3) is 5.42. The minimum Gasteiger partial charge on any atom is -0.488 e. The fourth-order valence-electron chi connectivity index (χ4n) is 4.13. The Labute approximate surface area is 212 Å². The van der Waals surface area contributed by atoms with E-state index in [1.807, 2.05) is 78.9 Å². The minimum absolute atomic E-state index is 0.160. The summed E-state index contributed by atoms with van der Waals surface area (Å²) in [6, 6.07) is 34.3. The quantitative estimate of drug-likeness (QED) is 0.184. The topological polar surface area (TPSA) is 50.7 Å². The molecule has 0 spiro atoms. The maximum Gasteiger partial charge on any atom is 0.244 e. The molecule has 5 rings (SSSR count). The minimum atomic E-state index is -0.160.